The number of aliphatic hydroxyl groups excluding tert-OH is 1. The van der Waals surface area contributed by atoms with Crippen LogP contribution in [0.15, 0.2) is 12.1 Å². The molecule has 4 heteroatoms. The zero-order valence-corrected chi connectivity index (χ0v) is 12.2. The van der Waals surface area contributed by atoms with E-state index in [9.17, 15) is 10.2 Å². The van der Waals surface area contributed by atoms with Gasteiger partial charge in [-0.2, -0.15) is 0 Å². The lowest BCUT2D eigenvalue weighted by Gasteiger charge is -2.58. The first kappa shape index (κ1) is 12.3. The van der Waals surface area contributed by atoms with Crippen LogP contribution < -0.4 is 4.74 Å². The maximum Gasteiger partial charge on any atom is 0.165 e. The lowest BCUT2D eigenvalue weighted by atomic mass is 9.51. The van der Waals surface area contributed by atoms with Crippen molar-refractivity contribution < 1.29 is 14.9 Å². The first-order valence-corrected chi connectivity index (χ1v) is 8.03. The Morgan fingerprint density at radius 1 is 1.33 bits per heavy atom. The van der Waals surface area contributed by atoms with E-state index in [2.05, 4.69) is 18.0 Å². The van der Waals surface area contributed by atoms with Gasteiger partial charge >= 0.3 is 0 Å². The van der Waals surface area contributed by atoms with E-state index in [0.29, 0.717) is 17.7 Å². The Morgan fingerprint density at radius 2 is 2.19 bits per heavy atom. The molecule has 4 aliphatic rings. The maximum absolute atomic E-state index is 10.5. The third-order valence-corrected chi connectivity index (χ3v) is 6.56. The highest BCUT2D eigenvalue weighted by Gasteiger charge is 2.65. The second-order valence-electron chi connectivity index (χ2n) is 7.28. The molecule has 0 amide bonds. The standard InChI is InChI=1S/C17H21NO3/c1-18-7-6-17-10-3-5-13(20)16(17)21-15-12(19)4-2-9(14(15)17)8-11(10)18/h2,4,10-11,13,16,19-20H,3,5-8H2,1H3/t10?,11-,13+,16+,17?/m1/s1. The van der Waals surface area contributed by atoms with Gasteiger partial charge < -0.3 is 19.8 Å². The average Bonchev–Trinajstić information content (AvgIpc) is 2.83. The summed E-state index contributed by atoms with van der Waals surface area (Å²) in [4.78, 5) is 2.48. The summed E-state index contributed by atoms with van der Waals surface area (Å²) in [5.41, 5.74) is 2.46. The van der Waals surface area contributed by atoms with Gasteiger partial charge in [0.2, 0.25) is 0 Å². The van der Waals surface area contributed by atoms with Crippen LogP contribution in [-0.4, -0.2) is 47.0 Å². The van der Waals surface area contributed by atoms with E-state index >= 15 is 0 Å². The van der Waals surface area contributed by atoms with Crippen LogP contribution in [0, 0.1) is 5.92 Å². The topological polar surface area (TPSA) is 52.9 Å². The Kier molecular flexibility index (Phi) is 2.19. The van der Waals surface area contributed by atoms with E-state index in [0.717, 1.165) is 32.2 Å². The number of ether oxygens (including phenoxy) is 1. The molecule has 4 nitrogen and oxygen atoms in total. The van der Waals surface area contributed by atoms with Gasteiger partial charge in [-0.1, -0.05) is 6.07 Å². The van der Waals surface area contributed by atoms with Crippen LogP contribution in [-0.2, 0) is 11.8 Å². The Morgan fingerprint density at radius 3 is 3.05 bits per heavy atom. The normalized spacial score (nSPS) is 43.3. The number of aromatic hydroxyl groups is 1. The summed E-state index contributed by atoms with van der Waals surface area (Å²) in [6, 6.07) is 4.36. The smallest absolute Gasteiger partial charge is 0.165 e. The zero-order valence-electron chi connectivity index (χ0n) is 12.2. The van der Waals surface area contributed by atoms with Gasteiger partial charge in [-0.05, 0) is 56.8 Å². The number of piperidine rings is 1. The first-order valence-electron chi connectivity index (χ1n) is 8.03. The molecule has 21 heavy (non-hydrogen) atoms. The summed E-state index contributed by atoms with van der Waals surface area (Å²) >= 11 is 0. The summed E-state index contributed by atoms with van der Waals surface area (Å²) in [5.74, 6) is 1.44. The van der Waals surface area contributed by atoms with Crippen molar-refractivity contribution in [1.29, 1.82) is 0 Å². The summed E-state index contributed by atoms with van der Waals surface area (Å²) in [6.45, 7) is 1.04. The molecule has 2 unspecified atom stereocenters. The van der Waals surface area contributed by atoms with Gasteiger partial charge in [-0.25, -0.2) is 0 Å². The SMILES string of the molecule is CN1CCC23c4c5ccc(O)c4O[C@H]2[C@@H](O)CCC3[C@H]1C5. The number of hydrogen-bond acceptors (Lipinski definition) is 4. The number of likely N-dealkylation sites (N-methyl/N-ethyl adjacent to an activating group) is 1. The molecule has 1 saturated heterocycles. The van der Waals surface area contributed by atoms with Gasteiger partial charge in [-0.3, -0.25) is 0 Å². The van der Waals surface area contributed by atoms with Gasteiger partial charge in [0.1, 0.15) is 6.10 Å². The lowest BCUT2D eigenvalue weighted by Crippen LogP contribution is -2.66. The number of hydrogen-bond donors (Lipinski definition) is 2. The molecular formula is C17H21NO3. The molecule has 0 aromatic heterocycles. The summed E-state index contributed by atoms with van der Waals surface area (Å²) in [5, 5.41) is 20.8. The summed E-state index contributed by atoms with van der Waals surface area (Å²) < 4.78 is 6.14. The van der Waals surface area contributed by atoms with Crippen LogP contribution >= 0.6 is 0 Å². The molecule has 112 valence electrons. The first-order chi connectivity index (χ1) is 10.1. The van der Waals surface area contributed by atoms with E-state index in [1.54, 1.807) is 6.07 Å². The fourth-order valence-corrected chi connectivity index (χ4v) is 5.71. The summed E-state index contributed by atoms with van der Waals surface area (Å²) in [7, 11) is 2.22. The average molecular weight is 287 g/mol. The number of likely N-dealkylation sites (tertiary alicyclic amines) is 1. The minimum Gasteiger partial charge on any atom is -0.504 e. The molecule has 5 rings (SSSR count). The van der Waals surface area contributed by atoms with Crippen LogP contribution in [0.1, 0.15) is 30.4 Å². The number of phenolic OH excluding ortho intramolecular Hbond substituents is 1. The lowest BCUT2D eigenvalue weighted by molar-refractivity contribution is -0.0993. The Hall–Kier alpha value is -1.26. The third-order valence-electron chi connectivity index (χ3n) is 6.56. The Labute approximate surface area is 124 Å². The molecule has 2 heterocycles. The Bertz CT molecular complexity index is 631. The monoisotopic (exact) mass is 287 g/mol. The molecule has 0 radical (unpaired) electrons. The van der Waals surface area contributed by atoms with E-state index in [4.69, 9.17) is 4.74 Å². The van der Waals surface area contributed by atoms with Crippen LogP contribution in [0.25, 0.3) is 0 Å². The highest BCUT2D eigenvalue weighted by atomic mass is 16.5. The minimum absolute atomic E-state index is 0.0729. The maximum atomic E-state index is 10.5. The minimum atomic E-state index is -0.414. The molecule has 1 aromatic rings. The number of aliphatic hydroxyl groups is 1. The quantitative estimate of drug-likeness (QED) is 0.758. The molecule has 1 spiro atoms. The molecular weight excluding hydrogens is 266 g/mol. The van der Waals surface area contributed by atoms with Crippen molar-refractivity contribution in [3.05, 3.63) is 23.3 Å². The second-order valence-corrected chi connectivity index (χ2v) is 7.28. The summed E-state index contributed by atoms with van der Waals surface area (Å²) in [6.07, 6.45) is 3.35. The molecule has 2 bridgehead atoms. The third kappa shape index (κ3) is 1.25. The number of rotatable bonds is 0. The van der Waals surface area contributed by atoms with Crippen molar-refractivity contribution in [2.45, 2.75) is 49.3 Å². The molecule has 2 N–H and O–H groups in total. The van der Waals surface area contributed by atoms with Crippen molar-refractivity contribution in [2.24, 2.45) is 5.92 Å². The largest absolute Gasteiger partial charge is 0.504 e. The highest BCUT2D eigenvalue weighted by Crippen LogP contribution is 2.63. The molecule has 2 aliphatic carbocycles. The zero-order chi connectivity index (χ0) is 14.4. The predicted molar refractivity (Wildman–Crippen MR) is 77.7 cm³/mol. The van der Waals surface area contributed by atoms with E-state index < -0.39 is 6.10 Å². The highest BCUT2D eigenvalue weighted by molar-refractivity contribution is 5.60. The molecule has 5 atom stereocenters. The van der Waals surface area contributed by atoms with Crippen molar-refractivity contribution in [2.75, 3.05) is 13.6 Å². The van der Waals surface area contributed by atoms with Crippen LogP contribution in [0.4, 0.5) is 0 Å². The van der Waals surface area contributed by atoms with Crippen LogP contribution in [0.5, 0.6) is 11.5 Å². The van der Waals surface area contributed by atoms with Crippen LogP contribution in [0.2, 0.25) is 0 Å². The Balaban J connectivity index is 1.81. The van der Waals surface area contributed by atoms with Gasteiger partial charge in [0.25, 0.3) is 0 Å². The molecule has 2 fully saturated rings. The predicted octanol–water partition coefficient (Wildman–Crippen LogP) is 1.42. The van der Waals surface area contributed by atoms with Crippen LogP contribution in [0.3, 0.4) is 0 Å². The number of nitrogens with zero attached hydrogens (tertiary/aromatic N) is 1. The fraction of sp³-hybridized carbons (Fsp3) is 0.647. The van der Waals surface area contributed by atoms with Crippen molar-refractivity contribution in [1.82, 2.24) is 4.90 Å². The van der Waals surface area contributed by atoms with Gasteiger partial charge in [-0.15, -0.1) is 0 Å². The van der Waals surface area contributed by atoms with E-state index in [-0.39, 0.29) is 17.3 Å². The molecule has 1 saturated carbocycles. The second kappa shape index (κ2) is 3.73. The van der Waals surface area contributed by atoms with E-state index in [1.807, 2.05) is 0 Å². The molecule has 2 aliphatic heterocycles. The van der Waals surface area contributed by atoms with Gasteiger partial charge in [0, 0.05) is 17.0 Å². The molecule has 1 aromatic carbocycles. The van der Waals surface area contributed by atoms with Gasteiger partial charge in [0.15, 0.2) is 11.5 Å². The van der Waals surface area contributed by atoms with E-state index in [1.165, 1.54) is 11.1 Å². The van der Waals surface area contributed by atoms with Crippen molar-refractivity contribution in [3.8, 4) is 11.5 Å². The van der Waals surface area contributed by atoms with Gasteiger partial charge in [0.05, 0.1) is 6.10 Å². The fourth-order valence-electron chi connectivity index (χ4n) is 5.71. The number of phenols is 1. The van der Waals surface area contributed by atoms with Crippen molar-refractivity contribution >= 4 is 0 Å². The number of benzene rings is 1. The van der Waals surface area contributed by atoms with Crippen molar-refractivity contribution in [3.63, 3.8) is 0 Å².